The second kappa shape index (κ2) is 5.02. The van der Waals surface area contributed by atoms with Crippen molar-refractivity contribution in [1.29, 1.82) is 0 Å². The second-order valence-electron chi connectivity index (χ2n) is 4.60. The van der Waals surface area contributed by atoms with Gasteiger partial charge >= 0.3 is 0 Å². The maximum Gasteiger partial charge on any atom is 0.261 e. The fourth-order valence-electron chi connectivity index (χ4n) is 2.01. The molecule has 2 heterocycles. The van der Waals surface area contributed by atoms with Crippen molar-refractivity contribution >= 4 is 33.0 Å². The Morgan fingerprint density at radius 2 is 2.15 bits per heavy atom. The Morgan fingerprint density at radius 1 is 1.30 bits per heavy atom. The molecule has 0 saturated heterocycles. The predicted molar refractivity (Wildman–Crippen MR) is 80.9 cm³/mol. The largest absolute Gasteiger partial charge is 0.465 e. The van der Waals surface area contributed by atoms with E-state index in [0.29, 0.717) is 17.1 Å². The van der Waals surface area contributed by atoms with E-state index in [1.165, 1.54) is 11.3 Å². The molecule has 3 N–H and O–H groups in total. The molecule has 20 heavy (non-hydrogen) atoms. The minimum Gasteiger partial charge on any atom is -0.465 e. The number of benzene rings is 1. The molecule has 3 aromatic rings. The molecular weight excluding hydrogens is 272 g/mol. The molecule has 1 aromatic carbocycles. The number of nitrogens with two attached hydrogens (primary N) is 1. The van der Waals surface area contributed by atoms with Gasteiger partial charge in [0.05, 0.1) is 11.4 Å². The van der Waals surface area contributed by atoms with E-state index in [9.17, 15) is 4.79 Å². The van der Waals surface area contributed by atoms with Crippen LogP contribution in [0.25, 0.3) is 10.1 Å². The Morgan fingerprint density at radius 3 is 2.90 bits per heavy atom. The van der Waals surface area contributed by atoms with Gasteiger partial charge in [0.15, 0.2) is 0 Å². The first-order valence-electron chi connectivity index (χ1n) is 6.24. The lowest BCUT2D eigenvalue weighted by Crippen LogP contribution is -2.21. The Bertz CT molecular complexity index is 773. The van der Waals surface area contributed by atoms with Crippen molar-refractivity contribution in [3.63, 3.8) is 0 Å². The van der Waals surface area contributed by atoms with Gasteiger partial charge in [-0.05, 0) is 48.7 Å². The van der Waals surface area contributed by atoms with E-state index in [2.05, 4.69) is 5.32 Å². The number of nitrogens with one attached hydrogen (secondary N) is 1. The number of nitrogen functional groups attached to an aromatic ring is 1. The predicted octanol–water partition coefficient (Wildman–Crippen LogP) is 3.31. The van der Waals surface area contributed by atoms with Crippen LogP contribution in [0.3, 0.4) is 0 Å². The molecule has 0 unspecified atom stereocenters. The number of fused-ring (bicyclic) bond motifs is 1. The van der Waals surface area contributed by atoms with Gasteiger partial charge in [-0.15, -0.1) is 11.3 Å². The lowest BCUT2D eigenvalue weighted by Gasteiger charge is -2.00. The summed E-state index contributed by atoms with van der Waals surface area (Å²) in [6, 6.07) is 11.2. The van der Waals surface area contributed by atoms with Crippen LogP contribution >= 0.6 is 11.3 Å². The smallest absolute Gasteiger partial charge is 0.261 e. The molecule has 0 aliphatic heterocycles. The van der Waals surface area contributed by atoms with E-state index in [-0.39, 0.29) is 5.91 Å². The third kappa shape index (κ3) is 2.53. The summed E-state index contributed by atoms with van der Waals surface area (Å²) in [4.78, 5) is 12.8. The first-order valence-corrected chi connectivity index (χ1v) is 7.06. The summed E-state index contributed by atoms with van der Waals surface area (Å²) in [5, 5.41) is 3.85. The zero-order chi connectivity index (χ0) is 14.1. The molecular formula is C15H14N2O2S. The van der Waals surface area contributed by atoms with E-state index >= 15 is 0 Å². The molecule has 5 heteroatoms. The zero-order valence-electron chi connectivity index (χ0n) is 11.0. The molecule has 1 amide bonds. The topological polar surface area (TPSA) is 68.3 Å². The van der Waals surface area contributed by atoms with Gasteiger partial charge in [0.25, 0.3) is 5.91 Å². The van der Waals surface area contributed by atoms with Crippen LogP contribution < -0.4 is 11.1 Å². The van der Waals surface area contributed by atoms with E-state index in [0.717, 1.165) is 21.6 Å². The molecule has 0 fully saturated rings. The number of thiophene rings is 1. The van der Waals surface area contributed by atoms with Crippen LogP contribution in [-0.2, 0) is 6.54 Å². The normalized spacial score (nSPS) is 10.8. The van der Waals surface area contributed by atoms with Gasteiger partial charge in [-0.3, -0.25) is 4.79 Å². The monoisotopic (exact) mass is 286 g/mol. The third-order valence-electron chi connectivity index (χ3n) is 2.98. The first kappa shape index (κ1) is 12.7. The van der Waals surface area contributed by atoms with E-state index < -0.39 is 0 Å². The molecule has 0 aliphatic carbocycles. The van der Waals surface area contributed by atoms with Crippen LogP contribution in [0.1, 0.15) is 21.2 Å². The maximum absolute atomic E-state index is 12.1. The highest BCUT2D eigenvalue weighted by atomic mass is 32.1. The average molecular weight is 286 g/mol. The minimum atomic E-state index is -0.0983. The minimum absolute atomic E-state index is 0.0983. The summed E-state index contributed by atoms with van der Waals surface area (Å²) < 4.78 is 6.47. The van der Waals surface area contributed by atoms with Crippen molar-refractivity contribution in [3.05, 3.63) is 52.8 Å². The van der Waals surface area contributed by atoms with Crippen molar-refractivity contribution in [2.24, 2.45) is 0 Å². The van der Waals surface area contributed by atoms with Crippen molar-refractivity contribution in [1.82, 2.24) is 5.32 Å². The molecule has 0 bridgehead atoms. The van der Waals surface area contributed by atoms with Crippen molar-refractivity contribution in [3.8, 4) is 0 Å². The second-order valence-corrected chi connectivity index (χ2v) is 5.69. The summed E-state index contributed by atoms with van der Waals surface area (Å²) >= 11 is 1.46. The van der Waals surface area contributed by atoms with E-state index in [4.69, 9.17) is 10.2 Å². The van der Waals surface area contributed by atoms with Gasteiger partial charge in [0.1, 0.15) is 11.5 Å². The molecule has 4 nitrogen and oxygen atoms in total. The van der Waals surface area contributed by atoms with Crippen molar-refractivity contribution in [2.75, 3.05) is 5.73 Å². The summed E-state index contributed by atoms with van der Waals surface area (Å²) in [6.45, 7) is 2.27. The Kier molecular flexibility index (Phi) is 3.20. The number of anilines is 1. The lowest BCUT2D eigenvalue weighted by molar-refractivity contribution is 0.0952. The van der Waals surface area contributed by atoms with Crippen LogP contribution in [0.4, 0.5) is 5.69 Å². The number of carbonyl (C=O) groups excluding carboxylic acids is 1. The molecule has 0 radical (unpaired) electrons. The Labute approximate surface area is 120 Å². The summed E-state index contributed by atoms with van der Waals surface area (Å²) in [6.07, 6.45) is 0. The highest BCUT2D eigenvalue weighted by Crippen LogP contribution is 2.27. The number of furan rings is 1. The molecule has 102 valence electrons. The van der Waals surface area contributed by atoms with Crippen LogP contribution in [0.15, 0.2) is 40.8 Å². The first-order chi connectivity index (χ1) is 9.61. The fraction of sp³-hybridized carbons (Fsp3) is 0.133. The van der Waals surface area contributed by atoms with Crippen LogP contribution in [0, 0.1) is 6.92 Å². The highest BCUT2D eigenvalue weighted by Gasteiger charge is 2.11. The van der Waals surface area contributed by atoms with Crippen LogP contribution in [-0.4, -0.2) is 5.91 Å². The molecule has 2 aromatic heterocycles. The molecule has 0 aliphatic rings. The third-order valence-corrected chi connectivity index (χ3v) is 4.10. The van der Waals surface area contributed by atoms with E-state index in [1.54, 1.807) is 0 Å². The number of carbonyl (C=O) groups is 1. The number of hydrogen-bond donors (Lipinski definition) is 2. The summed E-state index contributed by atoms with van der Waals surface area (Å²) in [5.74, 6) is 1.49. The van der Waals surface area contributed by atoms with Gasteiger partial charge in [0, 0.05) is 10.4 Å². The summed E-state index contributed by atoms with van der Waals surface area (Å²) in [7, 11) is 0. The number of amides is 1. The van der Waals surface area contributed by atoms with Gasteiger partial charge in [-0.2, -0.15) is 0 Å². The Hall–Kier alpha value is -2.27. The van der Waals surface area contributed by atoms with Crippen LogP contribution in [0.5, 0.6) is 0 Å². The van der Waals surface area contributed by atoms with Crippen LogP contribution in [0.2, 0.25) is 0 Å². The zero-order valence-corrected chi connectivity index (χ0v) is 11.8. The molecule has 0 spiro atoms. The van der Waals surface area contributed by atoms with Crippen molar-refractivity contribution in [2.45, 2.75) is 13.5 Å². The van der Waals surface area contributed by atoms with Gasteiger partial charge in [-0.1, -0.05) is 0 Å². The molecule has 0 saturated carbocycles. The van der Waals surface area contributed by atoms with E-state index in [1.807, 2.05) is 43.3 Å². The molecule has 3 rings (SSSR count). The van der Waals surface area contributed by atoms with Gasteiger partial charge in [-0.25, -0.2) is 0 Å². The highest BCUT2D eigenvalue weighted by molar-refractivity contribution is 7.20. The lowest BCUT2D eigenvalue weighted by atomic mass is 10.2. The SMILES string of the molecule is Cc1ccc(CNC(=O)c2cc3cc(N)ccc3s2)o1. The number of aryl methyl sites for hydroxylation is 1. The number of hydrogen-bond acceptors (Lipinski definition) is 4. The number of rotatable bonds is 3. The average Bonchev–Trinajstić information content (AvgIpc) is 3.01. The van der Waals surface area contributed by atoms with Gasteiger partial charge < -0.3 is 15.5 Å². The standard InChI is InChI=1S/C15H14N2O2S/c1-9-2-4-12(19-9)8-17-15(18)14-7-10-6-11(16)3-5-13(10)20-14/h2-7H,8,16H2,1H3,(H,17,18). The van der Waals surface area contributed by atoms with Gasteiger partial charge in [0.2, 0.25) is 0 Å². The summed E-state index contributed by atoms with van der Waals surface area (Å²) in [5.41, 5.74) is 6.44. The molecule has 0 atom stereocenters. The fourth-order valence-corrected chi connectivity index (χ4v) is 2.97. The quantitative estimate of drug-likeness (QED) is 0.726. The Balaban J connectivity index is 1.75. The van der Waals surface area contributed by atoms with Crippen molar-refractivity contribution < 1.29 is 9.21 Å². The maximum atomic E-state index is 12.1.